The van der Waals surface area contributed by atoms with Crippen molar-refractivity contribution >= 4 is 17.1 Å². The number of nitrogens with one attached hydrogen (secondary N) is 2. The van der Waals surface area contributed by atoms with Crippen LogP contribution in [0.3, 0.4) is 0 Å². The minimum atomic E-state index is -1.33. The molecule has 0 atom stereocenters. The van der Waals surface area contributed by atoms with Gasteiger partial charge in [0.05, 0.1) is 18.4 Å². The van der Waals surface area contributed by atoms with Gasteiger partial charge in [-0.1, -0.05) is 0 Å². The molecule has 0 bridgehead atoms. The summed E-state index contributed by atoms with van der Waals surface area (Å²) in [5, 5.41) is 5.84. The van der Waals surface area contributed by atoms with Crippen molar-refractivity contribution in [1.82, 2.24) is 25.2 Å². The SMILES string of the molecule is O=C(NCC1(F)CCNCC1)c1cnc2c(c1)ncn2C1CCOCC1. The van der Waals surface area contributed by atoms with E-state index in [0.717, 1.165) is 31.7 Å². The third kappa shape index (κ3) is 3.57. The van der Waals surface area contributed by atoms with Crippen molar-refractivity contribution in [3.63, 3.8) is 0 Å². The van der Waals surface area contributed by atoms with Crippen molar-refractivity contribution in [2.75, 3.05) is 32.8 Å². The normalized spacial score (nSPS) is 21.0. The fraction of sp³-hybridized carbons (Fsp3) is 0.611. The zero-order valence-electron chi connectivity index (χ0n) is 14.7. The lowest BCUT2D eigenvalue weighted by atomic mass is 9.94. The lowest BCUT2D eigenvalue weighted by Gasteiger charge is -2.30. The van der Waals surface area contributed by atoms with Crippen LogP contribution >= 0.6 is 0 Å². The Morgan fingerprint density at radius 2 is 2.12 bits per heavy atom. The molecule has 26 heavy (non-hydrogen) atoms. The molecule has 2 aliphatic rings. The van der Waals surface area contributed by atoms with E-state index in [1.165, 1.54) is 0 Å². The molecule has 0 unspecified atom stereocenters. The Hall–Kier alpha value is -2.06. The van der Waals surface area contributed by atoms with Gasteiger partial charge >= 0.3 is 0 Å². The van der Waals surface area contributed by atoms with Crippen LogP contribution in [0.2, 0.25) is 0 Å². The van der Waals surface area contributed by atoms with Crippen molar-refractivity contribution in [2.24, 2.45) is 0 Å². The molecule has 0 spiro atoms. The van der Waals surface area contributed by atoms with Crippen LogP contribution in [0.25, 0.3) is 11.2 Å². The van der Waals surface area contributed by atoms with E-state index in [1.54, 1.807) is 18.6 Å². The molecule has 2 fully saturated rings. The highest BCUT2D eigenvalue weighted by atomic mass is 19.1. The van der Waals surface area contributed by atoms with Gasteiger partial charge in [0.1, 0.15) is 11.2 Å². The van der Waals surface area contributed by atoms with E-state index >= 15 is 0 Å². The van der Waals surface area contributed by atoms with Gasteiger partial charge in [-0.2, -0.15) is 0 Å². The smallest absolute Gasteiger partial charge is 0.253 e. The van der Waals surface area contributed by atoms with Gasteiger partial charge in [0.25, 0.3) is 5.91 Å². The molecule has 7 nitrogen and oxygen atoms in total. The first-order valence-electron chi connectivity index (χ1n) is 9.23. The third-order valence-electron chi connectivity index (χ3n) is 5.32. The largest absolute Gasteiger partial charge is 0.381 e. The second kappa shape index (κ2) is 7.28. The maximum Gasteiger partial charge on any atom is 0.253 e. The van der Waals surface area contributed by atoms with Gasteiger partial charge in [0.2, 0.25) is 0 Å². The summed E-state index contributed by atoms with van der Waals surface area (Å²) in [5.74, 6) is -0.310. The maximum absolute atomic E-state index is 14.6. The fourth-order valence-corrected chi connectivity index (χ4v) is 3.67. The summed E-state index contributed by atoms with van der Waals surface area (Å²) in [6.45, 7) is 2.80. The highest BCUT2D eigenvalue weighted by Gasteiger charge is 2.32. The molecule has 2 aromatic heterocycles. The van der Waals surface area contributed by atoms with Gasteiger partial charge in [-0.3, -0.25) is 4.79 Å². The molecule has 8 heteroatoms. The average molecular weight is 361 g/mol. The molecule has 0 aromatic carbocycles. The Morgan fingerprint density at radius 3 is 2.88 bits per heavy atom. The number of carbonyl (C=O) groups is 1. The van der Waals surface area contributed by atoms with E-state index in [2.05, 4.69) is 25.2 Å². The number of hydrogen-bond acceptors (Lipinski definition) is 5. The number of nitrogens with zero attached hydrogens (tertiary/aromatic N) is 3. The van der Waals surface area contributed by atoms with Crippen molar-refractivity contribution in [2.45, 2.75) is 37.4 Å². The van der Waals surface area contributed by atoms with Crippen LogP contribution in [0.1, 0.15) is 42.1 Å². The third-order valence-corrected chi connectivity index (χ3v) is 5.32. The quantitative estimate of drug-likeness (QED) is 0.865. The number of halogens is 1. The predicted octanol–water partition coefficient (Wildman–Crippen LogP) is 1.60. The van der Waals surface area contributed by atoms with E-state index < -0.39 is 5.67 Å². The zero-order chi connectivity index (χ0) is 18.0. The van der Waals surface area contributed by atoms with Crippen LogP contribution in [0.5, 0.6) is 0 Å². The van der Waals surface area contributed by atoms with Gasteiger partial charge in [-0.05, 0) is 44.8 Å². The molecular weight excluding hydrogens is 337 g/mol. The lowest BCUT2D eigenvalue weighted by molar-refractivity contribution is 0.0704. The molecule has 0 saturated carbocycles. The molecule has 0 radical (unpaired) electrons. The number of alkyl halides is 1. The highest BCUT2D eigenvalue weighted by Crippen LogP contribution is 2.25. The standard InChI is InChI=1S/C18H24FN5O2/c19-18(3-5-20-6-4-18)11-22-17(25)13-9-15-16(21-10-13)24(12-23-15)14-1-7-26-8-2-14/h9-10,12,14,20H,1-8,11H2,(H,22,25). The van der Waals surface area contributed by atoms with Crippen LogP contribution in [-0.2, 0) is 4.74 Å². The molecule has 0 aliphatic carbocycles. The predicted molar refractivity (Wildman–Crippen MR) is 94.9 cm³/mol. The number of piperidine rings is 1. The van der Waals surface area contributed by atoms with E-state index in [9.17, 15) is 9.18 Å². The van der Waals surface area contributed by atoms with E-state index in [4.69, 9.17) is 4.74 Å². The summed E-state index contributed by atoms with van der Waals surface area (Å²) in [4.78, 5) is 21.2. The fourth-order valence-electron chi connectivity index (χ4n) is 3.67. The Labute approximate surface area is 151 Å². The summed E-state index contributed by atoms with van der Waals surface area (Å²) in [6.07, 6.45) is 6.02. The van der Waals surface area contributed by atoms with Crippen molar-refractivity contribution in [3.05, 3.63) is 24.2 Å². The second-order valence-corrected chi connectivity index (χ2v) is 7.15. The number of ether oxygens (including phenoxy) is 1. The number of amides is 1. The number of imidazole rings is 1. The van der Waals surface area contributed by atoms with E-state index in [1.807, 2.05) is 0 Å². The Bertz CT molecular complexity index is 781. The Morgan fingerprint density at radius 1 is 1.35 bits per heavy atom. The van der Waals surface area contributed by atoms with Gasteiger partial charge in [-0.25, -0.2) is 14.4 Å². The van der Waals surface area contributed by atoms with Crippen LogP contribution in [0, 0.1) is 0 Å². The zero-order valence-corrected chi connectivity index (χ0v) is 14.7. The topological polar surface area (TPSA) is 81.1 Å². The molecule has 2 aliphatic heterocycles. The van der Waals surface area contributed by atoms with Crippen molar-refractivity contribution < 1.29 is 13.9 Å². The van der Waals surface area contributed by atoms with Gasteiger partial charge in [0, 0.05) is 25.5 Å². The summed E-state index contributed by atoms with van der Waals surface area (Å²) >= 11 is 0. The molecular formula is C18H24FN5O2. The summed E-state index contributed by atoms with van der Waals surface area (Å²) in [6, 6.07) is 2.05. The maximum atomic E-state index is 14.6. The first-order chi connectivity index (χ1) is 12.6. The minimum absolute atomic E-state index is 0.0298. The molecule has 140 valence electrons. The summed E-state index contributed by atoms with van der Waals surface area (Å²) in [7, 11) is 0. The van der Waals surface area contributed by atoms with Crippen LogP contribution in [0.4, 0.5) is 4.39 Å². The van der Waals surface area contributed by atoms with Gasteiger partial charge in [0.15, 0.2) is 5.65 Å². The second-order valence-electron chi connectivity index (χ2n) is 7.15. The number of rotatable bonds is 4. The number of aromatic nitrogens is 3. The molecule has 4 rings (SSSR count). The summed E-state index contributed by atoms with van der Waals surface area (Å²) in [5.41, 5.74) is 0.533. The van der Waals surface area contributed by atoms with Crippen LogP contribution in [-0.4, -0.2) is 59.0 Å². The van der Waals surface area contributed by atoms with Gasteiger partial charge < -0.3 is 19.9 Å². The van der Waals surface area contributed by atoms with Crippen molar-refractivity contribution in [3.8, 4) is 0 Å². The van der Waals surface area contributed by atoms with E-state index in [0.29, 0.717) is 43.1 Å². The van der Waals surface area contributed by atoms with Gasteiger partial charge in [-0.15, -0.1) is 0 Å². The molecule has 2 N–H and O–H groups in total. The average Bonchev–Trinajstić information content (AvgIpc) is 3.11. The van der Waals surface area contributed by atoms with Crippen molar-refractivity contribution in [1.29, 1.82) is 0 Å². The van der Waals surface area contributed by atoms with E-state index in [-0.39, 0.29) is 12.5 Å². The minimum Gasteiger partial charge on any atom is -0.381 e. The van der Waals surface area contributed by atoms with Crippen LogP contribution in [0.15, 0.2) is 18.6 Å². The highest BCUT2D eigenvalue weighted by molar-refractivity contribution is 5.96. The first-order valence-corrected chi connectivity index (χ1v) is 9.23. The molecule has 4 heterocycles. The molecule has 2 saturated heterocycles. The number of pyridine rings is 1. The summed E-state index contributed by atoms with van der Waals surface area (Å²) < 4.78 is 22.1. The number of hydrogen-bond donors (Lipinski definition) is 2. The Kier molecular flexibility index (Phi) is 4.86. The monoisotopic (exact) mass is 361 g/mol. The molecule has 2 aromatic rings. The molecule has 1 amide bonds. The number of fused-ring (bicyclic) bond motifs is 1. The lowest BCUT2D eigenvalue weighted by Crippen LogP contribution is -2.46. The Balaban J connectivity index is 1.46. The number of carbonyl (C=O) groups excluding carboxylic acids is 1. The van der Waals surface area contributed by atoms with Crippen LogP contribution < -0.4 is 10.6 Å². The first kappa shape index (κ1) is 17.4.